The van der Waals surface area contributed by atoms with Crippen LogP contribution in [-0.4, -0.2) is 59.0 Å². The third-order valence-corrected chi connectivity index (χ3v) is 5.44. The number of aliphatic hydroxyl groups is 1. The topological polar surface area (TPSA) is 166 Å². The highest BCUT2D eigenvalue weighted by Gasteiger charge is 2.26. The minimum atomic E-state index is -4.58. The molecule has 0 spiro atoms. The van der Waals surface area contributed by atoms with Gasteiger partial charge in [0.05, 0.1) is 13.2 Å². The highest BCUT2D eigenvalue weighted by molar-refractivity contribution is 7.47. The van der Waals surface area contributed by atoms with Gasteiger partial charge in [-0.1, -0.05) is 51.2 Å². The number of hydrogen-bond acceptors (Lipinski definition) is 8. The molecule has 0 saturated heterocycles. The molecule has 0 saturated carbocycles. The van der Waals surface area contributed by atoms with Gasteiger partial charge in [0.25, 0.3) is 0 Å². The third-order valence-electron chi connectivity index (χ3n) is 4.49. The first-order chi connectivity index (χ1) is 15.2. The lowest BCUT2D eigenvalue weighted by Gasteiger charge is -2.16. The summed E-state index contributed by atoms with van der Waals surface area (Å²) < 4.78 is 25.4. The van der Waals surface area contributed by atoms with E-state index in [2.05, 4.69) is 28.1 Å². The molecule has 3 unspecified atom stereocenters. The molecule has 3 atom stereocenters. The van der Waals surface area contributed by atoms with E-state index in [1.165, 1.54) is 19.3 Å². The van der Waals surface area contributed by atoms with Gasteiger partial charge in [0.2, 0.25) is 0 Å². The second kappa shape index (κ2) is 19.2. The van der Waals surface area contributed by atoms with Crippen LogP contribution in [0.15, 0.2) is 12.2 Å². The van der Waals surface area contributed by atoms with Crippen molar-refractivity contribution in [2.45, 2.75) is 89.7 Å². The van der Waals surface area contributed by atoms with E-state index in [0.29, 0.717) is 6.42 Å². The molecule has 5 N–H and O–H groups in total. The van der Waals surface area contributed by atoms with E-state index in [0.717, 1.165) is 38.5 Å². The zero-order valence-corrected chi connectivity index (χ0v) is 19.9. The lowest BCUT2D eigenvalue weighted by Crippen LogP contribution is -2.34. The van der Waals surface area contributed by atoms with Crippen molar-refractivity contribution < 1.29 is 43.0 Å². The Balaban J connectivity index is 3.69. The maximum Gasteiger partial charge on any atom is 0.472 e. The Morgan fingerprint density at radius 2 is 1.50 bits per heavy atom. The van der Waals surface area contributed by atoms with E-state index in [4.69, 9.17) is 15.6 Å². The highest BCUT2D eigenvalue weighted by atomic mass is 31.2. The molecule has 0 fully saturated rings. The fourth-order valence-electron chi connectivity index (χ4n) is 2.58. The molecule has 0 aromatic heterocycles. The van der Waals surface area contributed by atoms with Crippen LogP contribution in [0.25, 0.3) is 0 Å². The molecule has 0 aromatic rings. The molecule has 0 aromatic carbocycles. The molecule has 32 heavy (non-hydrogen) atoms. The smallest absolute Gasteiger partial charge is 0.472 e. The van der Waals surface area contributed by atoms with Crippen molar-refractivity contribution in [3.63, 3.8) is 0 Å². The average molecular weight is 482 g/mol. The van der Waals surface area contributed by atoms with Crippen LogP contribution in [0.4, 0.5) is 0 Å². The fraction of sp³-hybridized carbons (Fsp3) is 0.810. The molecule has 0 bridgehead atoms. The van der Waals surface area contributed by atoms with E-state index in [9.17, 15) is 24.2 Å². The number of hydrogen-bond donors (Lipinski definition) is 4. The average Bonchev–Trinajstić information content (AvgIpc) is 2.75. The van der Waals surface area contributed by atoms with Gasteiger partial charge in [-0.25, -0.2) is 4.57 Å². The first-order valence-electron chi connectivity index (χ1n) is 11.3. The number of carboxylic acid groups (broad SMARTS) is 1. The largest absolute Gasteiger partial charge is 0.480 e. The second-order valence-corrected chi connectivity index (χ2v) is 9.07. The number of carbonyl (C=O) groups is 2. The van der Waals surface area contributed by atoms with E-state index < -0.39 is 51.7 Å². The monoisotopic (exact) mass is 481 g/mol. The Hall–Kier alpha value is -1.29. The zero-order valence-electron chi connectivity index (χ0n) is 19.0. The molecule has 10 nitrogen and oxygen atoms in total. The molecule has 0 aliphatic heterocycles. The van der Waals surface area contributed by atoms with Crippen molar-refractivity contribution in [1.82, 2.24) is 0 Å². The summed E-state index contributed by atoms with van der Waals surface area (Å²) in [6.45, 7) is 0.446. The fourth-order valence-corrected chi connectivity index (χ4v) is 3.37. The van der Waals surface area contributed by atoms with Crippen LogP contribution >= 0.6 is 7.82 Å². The summed E-state index contributed by atoms with van der Waals surface area (Å²) in [4.78, 5) is 31.6. The summed E-state index contributed by atoms with van der Waals surface area (Å²) in [6, 6.07) is -1.48. The van der Waals surface area contributed by atoms with E-state index in [1.54, 1.807) is 0 Å². The quantitative estimate of drug-likeness (QED) is 0.0827. The van der Waals surface area contributed by atoms with E-state index in [-0.39, 0.29) is 6.42 Å². The summed E-state index contributed by atoms with van der Waals surface area (Å²) >= 11 is 0. The lowest BCUT2D eigenvalue weighted by atomic mass is 10.1. The summed E-state index contributed by atoms with van der Waals surface area (Å²) in [6.07, 6.45) is 14.4. The molecule has 0 aliphatic carbocycles. The Kier molecular flexibility index (Phi) is 18.4. The number of ether oxygens (including phenoxy) is 1. The van der Waals surface area contributed by atoms with Crippen molar-refractivity contribution in [2.75, 3.05) is 19.8 Å². The van der Waals surface area contributed by atoms with Gasteiger partial charge in [-0.15, -0.1) is 0 Å². The molecular weight excluding hydrogens is 441 g/mol. The molecule has 0 amide bonds. The van der Waals surface area contributed by atoms with Crippen LogP contribution in [0.2, 0.25) is 0 Å². The van der Waals surface area contributed by atoms with E-state index in [1.807, 2.05) is 0 Å². The summed E-state index contributed by atoms with van der Waals surface area (Å²) in [5, 5.41) is 18.3. The Bertz CT molecular complexity index is 586. The number of carbonyl (C=O) groups excluding carboxylic acids is 1. The predicted molar refractivity (Wildman–Crippen MR) is 120 cm³/mol. The van der Waals surface area contributed by atoms with Gasteiger partial charge in [-0.2, -0.15) is 0 Å². The number of allylic oxidation sites excluding steroid dienone is 2. The number of phosphoric acid groups is 1. The van der Waals surface area contributed by atoms with Gasteiger partial charge >= 0.3 is 19.8 Å². The van der Waals surface area contributed by atoms with Gasteiger partial charge in [0.15, 0.2) is 0 Å². The zero-order chi connectivity index (χ0) is 24.2. The van der Waals surface area contributed by atoms with E-state index >= 15 is 0 Å². The molecule has 188 valence electrons. The lowest BCUT2D eigenvalue weighted by molar-refractivity contribution is -0.147. The summed E-state index contributed by atoms with van der Waals surface area (Å²) in [7, 11) is -4.58. The van der Waals surface area contributed by atoms with Crippen LogP contribution in [0.3, 0.4) is 0 Å². The third kappa shape index (κ3) is 19.4. The number of unbranched alkanes of at least 4 members (excludes halogenated alkanes) is 8. The molecular formula is C21H40NO9P. The SMILES string of the molecule is CCCCC/C=C\CCCCCCCC(=O)OCC(O)COP(=O)(O)OCC(N)C(=O)O. The minimum Gasteiger partial charge on any atom is -0.480 e. The number of esters is 1. The summed E-state index contributed by atoms with van der Waals surface area (Å²) in [5.74, 6) is -1.86. The highest BCUT2D eigenvalue weighted by Crippen LogP contribution is 2.43. The van der Waals surface area contributed by atoms with Crippen molar-refractivity contribution in [3.8, 4) is 0 Å². The van der Waals surface area contributed by atoms with Crippen LogP contribution in [0.1, 0.15) is 77.6 Å². The predicted octanol–water partition coefficient (Wildman–Crippen LogP) is 3.30. The maximum atomic E-state index is 11.7. The molecule has 0 rings (SSSR count). The number of aliphatic hydroxyl groups excluding tert-OH is 1. The van der Waals surface area contributed by atoms with Crippen LogP contribution in [0.5, 0.6) is 0 Å². The van der Waals surface area contributed by atoms with Crippen LogP contribution in [-0.2, 0) is 27.9 Å². The van der Waals surface area contributed by atoms with Crippen LogP contribution < -0.4 is 5.73 Å². The van der Waals surface area contributed by atoms with Crippen molar-refractivity contribution >= 4 is 19.8 Å². The van der Waals surface area contributed by atoms with Crippen molar-refractivity contribution in [1.29, 1.82) is 0 Å². The summed E-state index contributed by atoms with van der Waals surface area (Å²) in [5.41, 5.74) is 5.14. The number of aliphatic carboxylic acids is 1. The van der Waals surface area contributed by atoms with Gasteiger partial charge in [0.1, 0.15) is 18.8 Å². The Labute approximate surface area is 190 Å². The van der Waals surface area contributed by atoms with Gasteiger partial charge in [-0.3, -0.25) is 18.6 Å². The standard InChI is InChI=1S/C21H40NO9P/c1-2-3-4-5-6-7-8-9-10-11-12-13-14-20(24)29-15-18(23)16-30-32(27,28)31-17-19(22)21(25)26/h6-7,18-19,23H,2-5,8-17,22H2,1H3,(H,25,26)(H,27,28)/b7-6-. The van der Waals surface area contributed by atoms with Gasteiger partial charge in [0, 0.05) is 6.42 Å². The van der Waals surface area contributed by atoms with Crippen molar-refractivity contribution in [2.24, 2.45) is 5.73 Å². The molecule has 0 heterocycles. The number of nitrogens with two attached hydrogens (primary N) is 1. The molecule has 0 radical (unpaired) electrons. The second-order valence-electron chi connectivity index (χ2n) is 7.62. The molecule has 11 heteroatoms. The Morgan fingerprint density at radius 3 is 2.12 bits per heavy atom. The molecule has 0 aliphatic rings. The van der Waals surface area contributed by atoms with Gasteiger partial charge < -0.3 is 25.6 Å². The van der Waals surface area contributed by atoms with Crippen LogP contribution in [0, 0.1) is 0 Å². The number of rotatable bonds is 21. The van der Waals surface area contributed by atoms with Crippen molar-refractivity contribution in [3.05, 3.63) is 12.2 Å². The first-order valence-corrected chi connectivity index (χ1v) is 12.8. The number of phosphoric ester groups is 1. The maximum absolute atomic E-state index is 11.7. The minimum absolute atomic E-state index is 0.236. The number of carboxylic acids is 1. The van der Waals surface area contributed by atoms with Gasteiger partial charge in [-0.05, 0) is 32.1 Å². The normalized spacial score (nSPS) is 15.4. The first kappa shape index (κ1) is 30.7. The Morgan fingerprint density at radius 1 is 0.938 bits per heavy atom.